The molecule has 0 aliphatic carbocycles. The first-order valence-corrected chi connectivity index (χ1v) is 9.60. The van der Waals surface area contributed by atoms with Gasteiger partial charge in [0.15, 0.2) is 5.65 Å². The third kappa shape index (κ3) is 3.82. The molecule has 0 unspecified atom stereocenters. The quantitative estimate of drug-likeness (QED) is 0.653. The second-order valence-corrected chi connectivity index (χ2v) is 6.95. The summed E-state index contributed by atoms with van der Waals surface area (Å²) in [5.74, 6) is -1.27. The van der Waals surface area contributed by atoms with Crippen molar-refractivity contribution in [3.63, 3.8) is 0 Å². The number of rotatable bonds is 5. The van der Waals surface area contributed by atoms with Crippen molar-refractivity contribution in [1.82, 2.24) is 14.3 Å². The van der Waals surface area contributed by atoms with Crippen molar-refractivity contribution in [3.05, 3.63) is 70.8 Å². The lowest BCUT2D eigenvalue weighted by atomic mass is 10.2. The molecule has 30 heavy (non-hydrogen) atoms. The summed E-state index contributed by atoms with van der Waals surface area (Å²) in [5, 5.41) is 11.3. The van der Waals surface area contributed by atoms with Crippen LogP contribution >= 0.6 is 0 Å². The smallest absolute Gasteiger partial charge is 0.322 e. The van der Waals surface area contributed by atoms with Crippen molar-refractivity contribution in [1.29, 1.82) is 0 Å². The van der Waals surface area contributed by atoms with Crippen LogP contribution in [0.25, 0.3) is 5.65 Å². The van der Waals surface area contributed by atoms with Crippen LogP contribution in [0.1, 0.15) is 10.4 Å². The van der Waals surface area contributed by atoms with Crippen LogP contribution in [0.2, 0.25) is 0 Å². The molecule has 9 nitrogen and oxygen atoms in total. The van der Waals surface area contributed by atoms with Crippen LogP contribution in [-0.4, -0.2) is 64.0 Å². The highest BCUT2D eigenvalue weighted by atomic mass is 16.4. The first-order valence-electron chi connectivity index (χ1n) is 9.60. The Labute approximate surface area is 172 Å². The Bertz CT molecular complexity index is 1140. The Kier molecular flexibility index (Phi) is 5.34. The van der Waals surface area contributed by atoms with Gasteiger partial charge in [0.1, 0.15) is 12.2 Å². The van der Waals surface area contributed by atoms with Gasteiger partial charge >= 0.3 is 5.97 Å². The number of fused-ring (bicyclic) bond motifs is 1. The molecule has 1 fully saturated rings. The van der Waals surface area contributed by atoms with Gasteiger partial charge in [0, 0.05) is 38.1 Å². The number of nitrogens with one attached hydrogen (secondary N) is 1. The lowest BCUT2D eigenvalue weighted by molar-refractivity contribution is -0.134. The standard InChI is InChI=1S/C21H21N5O4/c27-18(28)14-22-17-13-23-19-16(7-4-8-26(19)21(17)30)20(29)25-11-9-24(10-12-25)15-5-2-1-3-6-15/h1-8,13,22H,9-12,14H2,(H,27,28). The molecule has 0 saturated carbocycles. The van der Waals surface area contributed by atoms with Crippen LogP contribution in [0.4, 0.5) is 11.4 Å². The minimum atomic E-state index is -1.09. The van der Waals surface area contributed by atoms with Crippen molar-refractivity contribution in [2.75, 3.05) is 42.9 Å². The number of amides is 1. The Morgan fingerprint density at radius 2 is 1.77 bits per heavy atom. The Hall–Kier alpha value is -3.88. The molecule has 0 radical (unpaired) electrons. The van der Waals surface area contributed by atoms with Gasteiger partial charge in [-0.25, -0.2) is 4.98 Å². The van der Waals surface area contributed by atoms with Crippen LogP contribution in [-0.2, 0) is 4.79 Å². The zero-order valence-corrected chi connectivity index (χ0v) is 16.2. The largest absolute Gasteiger partial charge is 0.480 e. The Morgan fingerprint density at radius 3 is 2.47 bits per heavy atom. The molecule has 3 aromatic rings. The van der Waals surface area contributed by atoms with E-state index in [1.165, 1.54) is 16.8 Å². The van der Waals surface area contributed by atoms with Crippen LogP contribution in [0.3, 0.4) is 0 Å². The van der Waals surface area contributed by atoms with E-state index in [0.717, 1.165) is 18.8 Å². The summed E-state index contributed by atoms with van der Waals surface area (Å²) in [5.41, 5.74) is 1.33. The van der Waals surface area contributed by atoms with Crippen LogP contribution in [0, 0.1) is 0 Å². The molecule has 2 N–H and O–H groups in total. The number of piperazine rings is 1. The van der Waals surface area contributed by atoms with Gasteiger partial charge in [-0.15, -0.1) is 0 Å². The predicted molar refractivity (Wildman–Crippen MR) is 112 cm³/mol. The van der Waals surface area contributed by atoms with E-state index in [4.69, 9.17) is 5.11 Å². The maximum Gasteiger partial charge on any atom is 0.322 e. The topological polar surface area (TPSA) is 107 Å². The molecule has 0 bridgehead atoms. The van der Waals surface area contributed by atoms with Gasteiger partial charge < -0.3 is 20.2 Å². The highest BCUT2D eigenvalue weighted by Crippen LogP contribution is 2.18. The van der Waals surface area contributed by atoms with Gasteiger partial charge in [-0.2, -0.15) is 0 Å². The minimum absolute atomic E-state index is 0.0657. The number of carboxylic acids is 1. The number of nitrogens with zero attached hydrogens (tertiary/aromatic N) is 4. The third-order valence-electron chi connectivity index (χ3n) is 5.08. The number of anilines is 2. The van der Waals surface area contributed by atoms with E-state index >= 15 is 0 Å². The van der Waals surface area contributed by atoms with Crippen molar-refractivity contribution in [3.8, 4) is 0 Å². The van der Waals surface area contributed by atoms with Crippen molar-refractivity contribution < 1.29 is 14.7 Å². The molecule has 1 saturated heterocycles. The monoisotopic (exact) mass is 407 g/mol. The van der Waals surface area contributed by atoms with E-state index < -0.39 is 18.1 Å². The van der Waals surface area contributed by atoms with Gasteiger partial charge in [0.2, 0.25) is 0 Å². The molecule has 3 heterocycles. The highest BCUT2D eigenvalue weighted by molar-refractivity contribution is 6.00. The molecule has 0 atom stereocenters. The molecule has 1 aromatic carbocycles. The predicted octanol–water partition coefficient (Wildman–Crippen LogP) is 1.15. The zero-order chi connectivity index (χ0) is 21.1. The van der Waals surface area contributed by atoms with E-state index in [2.05, 4.69) is 27.3 Å². The normalized spacial score (nSPS) is 14.0. The first kappa shape index (κ1) is 19.4. The fourth-order valence-electron chi connectivity index (χ4n) is 3.54. The molecule has 1 amide bonds. The summed E-state index contributed by atoms with van der Waals surface area (Å²) >= 11 is 0. The average Bonchev–Trinajstić information content (AvgIpc) is 2.78. The number of benzene rings is 1. The Balaban J connectivity index is 1.54. The lowest BCUT2D eigenvalue weighted by Crippen LogP contribution is -2.49. The van der Waals surface area contributed by atoms with Crippen molar-refractivity contribution in [2.24, 2.45) is 0 Å². The fourth-order valence-corrected chi connectivity index (χ4v) is 3.54. The second kappa shape index (κ2) is 8.24. The number of pyridine rings is 1. The molecular formula is C21H21N5O4. The third-order valence-corrected chi connectivity index (χ3v) is 5.08. The average molecular weight is 407 g/mol. The van der Waals surface area contributed by atoms with Crippen molar-refractivity contribution in [2.45, 2.75) is 0 Å². The van der Waals surface area contributed by atoms with E-state index in [1.807, 2.05) is 18.2 Å². The number of carbonyl (C=O) groups is 2. The van der Waals surface area contributed by atoms with Gasteiger partial charge in [-0.1, -0.05) is 18.2 Å². The SMILES string of the molecule is O=C(O)CNc1cnc2c(C(=O)N3CCN(c4ccccc4)CC3)cccn2c1=O. The van der Waals surface area contributed by atoms with Crippen LogP contribution in [0.15, 0.2) is 59.7 Å². The highest BCUT2D eigenvalue weighted by Gasteiger charge is 2.24. The number of aliphatic carboxylic acids is 1. The molecular weight excluding hydrogens is 386 g/mol. The van der Waals surface area contributed by atoms with Gasteiger partial charge in [0.05, 0.1) is 11.8 Å². The molecule has 1 aliphatic heterocycles. The van der Waals surface area contributed by atoms with Crippen LogP contribution < -0.4 is 15.8 Å². The molecule has 2 aromatic heterocycles. The molecule has 0 spiro atoms. The van der Waals surface area contributed by atoms with E-state index in [0.29, 0.717) is 18.7 Å². The van der Waals surface area contributed by atoms with E-state index in [9.17, 15) is 14.4 Å². The van der Waals surface area contributed by atoms with Gasteiger partial charge in [-0.05, 0) is 24.3 Å². The zero-order valence-electron chi connectivity index (χ0n) is 16.2. The second-order valence-electron chi connectivity index (χ2n) is 6.95. The number of carboxylic acid groups (broad SMARTS) is 1. The molecule has 1 aliphatic rings. The summed E-state index contributed by atoms with van der Waals surface area (Å²) in [7, 11) is 0. The minimum Gasteiger partial charge on any atom is -0.480 e. The number of aromatic nitrogens is 2. The summed E-state index contributed by atoms with van der Waals surface area (Å²) in [6.45, 7) is 2.18. The number of para-hydroxylation sites is 1. The lowest BCUT2D eigenvalue weighted by Gasteiger charge is -2.36. The number of hydrogen-bond acceptors (Lipinski definition) is 6. The Morgan fingerprint density at radius 1 is 1.03 bits per heavy atom. The molecule has 9 heteroatoms. The maximum atomic E-state index is 13.1. The fraction of sp³-hybridized carbons (Fsp3) is 0.238. The molecule has 4 rings (SSSR count). The summed E-state index contributed by atoms with van der Waals surface area (Å²) < 4.78 is 1.26. The van der Waals surface area contributed by atoms with E-state index in [-0.39, 0.29) is 17.2 Å². The summed E-state index contributed by atoms with van der Waals surface area (Å²) in [6.07, 6.45) is 2.78. The number of hydrogen-bond donors (Lipinski definition) is 2. The van der Waals surface area contributed by atoms with Gasteiger partial charge in [-0.3, -0.25) is 18.8 Å². The maximum absolute atomic E-state index is 13.1. The first-order chi connectivity index (χ1) is 14.5. The summed E-state index contributed by atoms with van der Waals surface area (Å²) in [6, 6.07) is 13.3. The van der Waals surface area contributed by atoms with E-state index in [1.54, 1.807) is 17.0 Å². The van der Waals surface area contributed by atoms with Crippen LogP contribution in [0.5, 0.6) is 0 Å². The van der Waals surface area contributed by atoms with Gasteiger partial charge in [0.25, 0.3) is 11.5 Å². The summed E-state index contributed by atoms with van der Waals surface area (Å²) in [4.78, 5) is 44.7. The molecule has 154 valence electrons. The number of carbonyl (C=O) groups excluding carboxylic acids is 1. The van der Waals surface area contributed by atoms with Crippen molar-refractivity contribution >= 4 is 28.9 Å².